The first-order chi connectivity index (χ1) is 11.0. The molecule has 0 unspecified atom stereocenters. The smallest absolute Gasteiger partial charge is 0.341 e. The number of benzene rings is 1. The lowest BCUT2D eigenvalue weighted by atomic mass is 10.1. The molecule has 1 aromatic carbocycles. The molecule has 2 heterocycles. The van der Waals surface area contributed by atoms with Gasteiger partial charge in [0.05, 0.1) is 5.69 Å². The van der Waals surface area contributed by atoms with Crippen molar-refractivity contribution >= 4 is 17.6 Å². The molecule has 1 aromatic heterocycles. The summed E-state index contributed by atoms with van der Waals surface area (Å²) in [5.41, 5.74) is 0.853. The van der Waals surface area contributed by atoms with E-state index in [-0.39, 0.29) is 11.5 Å². The van der Waals surface area contributed by atoms with Crippen LogP contribution in [-0.4, -0.2) is 28.1 Å². The number of nitrogens with zero attached hydrogens (tertiary/aromatic N) is 2. The Balaban J connectivity index is 2.10. The predicted molar refractivity (Wildman–Crippen MR) is 85.3 cm³/mol. The number of rotatable bonds is 3. The summed E-state index contributed by atoms with van der Waals surface area (Å²) >= 11 is 0. The summed E-state index contributed by atoms with van der Waals surface area (Å²) < 4.78 is 1.29. The molecule has 1 saturated heterocycles. The zero-order valence-electron chi connectivity index (χ0n) is 12.7. The number of anilines is 1. The highest BCUT2D eigenvalue weighted by molar-refractivity contribution is 5.95. The summed E-state index contributed by atoms with van der Waals surface area (Å²) in [5, 5.41) is 9.21. The number of amides is 1. The van der Waals surface area contributed by atoms with E-state index in [1.807, 2.05) is 6.07 Å². The fraction of sp³-hybridized carbons (Fsp3) is 0.235. The van der Waals surface area contributed by atoms with Crippen molar-refractivity contribution in [2.24, 2.45) is 0 Å². The highest BCUT2D eigenvalue weighted by Crippen LogP contribution is 2.23. The van der Waals surface area contributed by atoms with Gasteiger partial charge in [0.25, 0.3) is 5.56 Å². The number of carboxylic acid groups (broad SMARTS) is 1. The average molecular weight is 312 g/mol. The van der Waals surface area contributed by atoms with Crippen LogP contribution in [0.25, 0.3) is 5.69 Å². The van der Waals surface area contributed by atoms with Crippen LogP contribution >= 0.6 is 0 Å². The third kappa shape index (κ3) is 2.63. The van der Waals surface area contributed by atoms with E-state index in [1.54, 1.807) is 42.3 Å². The number of pyridine rings is 1. The largest absolute Gasteiger partial charge is 0.477 e. The normalized spacial score (nSPS) is 14.3. The number of carboxylic acids is 1. The number of hydrogen-bond donors (Lipinski definition) is 1. The first-order valence-electron chi connectivity index (χ1n) is 7.35. The van der Waals surface area contributed by atoms with Crippen molar-refractivity contribution in [1.29, 1.82) is 0 Å². The van der Waals surface area contributed by atoms with Gasteiger partial charge in [-0.25, -0.2) is 4.79 Å². The Morgan fingerprint density at radius 3 is 2.57 bits per heavy atom. The van der Waals surface area contributed by atoms with Gasteiger partial charge in [-0.15, -0.1) is 0 Å². The fourth-order valence-corrected chi connectivity index (χ4v) is 2.82. The molecule has 1 amide bonds. The maximum Gasteiger partial charge on any atom is 0.341 e. The Labute approximate surface area is 132 Å². The van der Waals surface area contributed by atoms with Crippen LogP contribution in [0.3, 0.4) is 0 Å². The summed E-state index contributed by atoms with van der Waals surface area (Å²) in [5.74, 6) is -1.18. The third-order valence-electron chi connectivity index (χ3n) is 4.01. The molecule has 1 aliphatic heterocycles. The molecule has 0 saturated carbocycles. The molecule has 23 heavy (non-hydrogen) atoms. The Hall–Kier alpha value is -2.89. The number of aromatic nitrogens is 1. The van der Waals surface area contributed by atoms with Gasteiger partial charge in [-0.2, -0.15) is 0 Å². The van der Waals surface area contributed by atoms with Crippen molar-refractivity contribution in [2.75, 3.05) is 11.4 Å². The van der Waals surface area contributed by atoms with Gasteiger partial charge in [0.15, 0.2) is 0 Å². The second-order valence-corrected chi connectivity index (χ2v) is 5.52. The molecule has 1 aliphatic rings. The SMILES string of the molecule is Cc1ccn(-c2cccc(N3CCCC3=O)c2)c(=O)c1C(=O)O. The standard InChI is InChI=1S/C17H16N2O4/c1-11-7-9-19(16(21)15(11)17(22)23)13-5-2-4-12(10-13)18-8-3-6-14(18)20/h2,4-5,7,9-10H,3,6,8H2,1H3,(H,22,23). The van der Waals surface area contributed by atoms with E-state index in [2.05, 4.69) is 0 Å². The van der Waals surface area contributed by atoms with Crippen LogP contribution in [0.2, 0.25) is 0 Å². The first-order valence-corrected chi connectivity index (χ1v) is 7.35. The monoisotopic (exact) mass is 312 g/mol. The number of aromatic carboxylic acids is 1. The topological polar surface area (TPSA) is 79.6 Å². The molecule has 1 fully saturated rings. The molecule has 0 spiro atoms. The van der Waals surface area contributed by atoms with Crippen molar-refractivity contribution in [3.05, 3.63) is 58.0 Å². The van der Waals surface area contributed by atoms with E-state index in [0.717, 1.165) is 6.42 Å². The lowest BCUT2D eigenvalue weighted by Crippen LogP contribution is -2.27. The second kappa shape index (κ2) is 5.72. The van der Waals surface area contributed by atoms with Crippen LogP contribution < -0.4 is 10.5 Å². The number of aryl methyl sites for hydroxylation is 1. The van der Waals surface area contributed by atoms with Gasteiger partial charge in [0.1, 0.15) is 5.56 Å². The minimum Gasteiger partial charge on any atom is -0.477 e. The van der Waals surface area contributed by atoms with Gasteiger partial charge in [-0.1, -0.05) is 6.07 Å². The van der Waals surface area contributed by atoms with Gasteiger partial charge in [0, 0.05) is 24.8 Å². The molecule has 6 heteroatoms. The van der Waals surface area contributed by atoms with E-state index in [1.165, 1.54) is 4.57 Å². The summed E-state index contributed by atoms with van der Waals surface area (Å²) in [7, 11) is 0. The molecular weight excluding hydrogens is 296 g/mol. The van der Waals surface area contributed by atoms with Crippen molar-refractivity contribution in [3.63, 3.8) is 0 Å². The highest BCUT2D eigenvalue weighted by Gasteiger charge is 2.22. The van der Waals surface area contributed by atoms with E-state index in [9.17, 15) is 19.5 Å². The lowest BCUT2D eigenvalue weighted by molar-refractivity contribution is -0.117. The number of hydrogen-bond acceptors (Lipinski definition) is 3. The molecule has 1 N–H and O–H groups in total. The molecule has 3 rings (SSSR count). The molecule has 0 bridgehead atoms. The maximum atomic E-state index is 12.4. The Bertz CT molecular complexity index is 854. The second-order valence-electron chi connectivity index (χ2n) is 5.52. The van der Waals surface area contributed by atoms with Gasteiger partial charge >= 0.3 is 5.97 Å². The Morgan fingerprint density at radius 2 is 1.91 bits per heavy atom. The quantitative estimate of drug-likeness (QED) is 0.939. The van der Waals surface area contributed by atoms with Crippen LogP contribution in [-0.2, 0) is 4.79 Å². The summed E-state index contributed by atoms with van der Waals surface area (Å²) in [4.78, 5) is 37.2. The minimum absolute atomic E-state index is 0.0598. The summed E-state index contributed by atoms with van der Waals surface area (Å²) in [6.07, 6.45) is 2.89. The highest BCUT2D eigenvalue weighted by atomic mass is 16.4. The molecule has 2 aromatic rings. The van der Waals surface area contributed by atoms with E-state index in [4.69, 9.17) is 0 Å². The van der Waals surface area contributed by atoms with E-state index < -0.39 is 11.5 Å². The number of carbonyl (C=O) groups is 2. The van der Waals surface area contributed by atoms with Crippen molar-refractivity contribution in [1.82, 2.24) is 4.57 Å². The van der Waals surface area contributed by atoms with E-state index >= 15 is 0 Å². The van der Waals surface area contributed by atoms with Gasteiger partial charge in [-0.3, -0.25) is 14.2 Å². The Kier molecular flexibility index (Phi) is 3.73. The first kappa shape index (κ1) is 15.0. The van der Waals surface area contributed by atoms with Crippen molar-refractivity contribution in [2.45, 2.75) is 19.8 Å². The summed E-state index contributed by atoms with van der Waals surface area (Å²) in [6, 6.07) is 8.60. The van der Waals surface area contributed by atoms with Crippen LogP contribution in [0.15, 0.2) is 41.3 Å². The summed E-state index contributed by atoms with van der Waals surface area (Å²) in [6.45, 7) is 2.25. The molecule has 0 atom stereocenters. The zero-order valence-corrected chi connectivity index (χ0v) is 12.7. The molecule has 0 aliphatic carbocycles. The molecule has 6 nitrogen and oxygen atoms in total. The fourth-order valence-electron chi connectivity index (χ4n) is 2.82. The minimum atomic E-state index is -1.24. The lowest BCUT2D eigenvalue weighted by Gasteiger charge is -2.17. The molecule has 0 radical (unpaired) electrons. The van der Waals surface area contributed by atoms with Gasteiger partial charge in [-0.05, 0) is 43.2 Å². The van der Waals surface area contributed by atoms with Crippen LogP contribution in [0, 0.1) is 6.92 Å². The van der Waals surface area contributed by atoms with E-state index in [0.29, 0.717) is 29.9 Å². The van der Waals surface area contributed by atoms with Gasteiger partial charge < -0.3 is 10.0 Å². The Morgan fingerprint density at radius 1 is 1.17 bits per heavy atom. The van der Waals surface area contributed by atoms with Crippen molar-refractivity contribution < 1.29 is 14.7 Å². The van der Waals surface area contributed by atoms with Crippen LogP contribution in [0.4, 0.5) is 5.69 Å². The zero-order chi connectivity index (χ0) is 16.6. The number of carbonyl (C=O) groups excluding carboxylic acids is 1. The van der Waals surface area contributed by atoms with Crippen LogP contribution in [0.1, 0.15) is 28.8 Å². The predicted octanol–water partition coefficient (Wildman–Crippen LogP) is 1.97. The molecule has 118 valence electrons. The van der Waals surface area contributed by atoms with Crippen LogP contribution in [0.5, 0.6) is 0 Å². The van der Waals surface area contributed by atoms with Gasteiger partial charge in [0.2, 0.25) is 5.91 Å². The maximum absolute atomic E-state index is 12.4. The van der Waals surface area contributed by atoms with Crippen molar-refractivity contribution in [3.8, 4) is 5.69 Å². The third-order valence-corrected chi connectivity index (χ3v) is 4.01. The molecular formula is C17H16N2O4. The average Bonchev–Trinajstić information content (AvgIpc) is 2.93.